The van der Waals surface area contributed by atoms with Crippen molar-refractivity contribution >= 4 is 0 Å². The van der Waals surface area contributed by atoms with Gasteiger partial charge in [-0.1, -0.05) is 44.9 Å². The minimum atomic E-state index is -0.857. The minimum absolute atomic E-state index is 0.0162. The van der Waals surface area contributed by atoms with Crippen LogP contribution in [0.2, 0.25) is 0 Å². The highest BCUT2D eigenvalue weighted by atomic mass is 19.2. The van der Waals surface area contributed by atoms with E-state index in [9.17, 15) is 8.78 Å². The quantitative estimate of drug-likeness (QED) is 0.443. The third kappa shape index (κ3) is 6.13. The zero-order valence-corrected chi connectivity index (χ0v) is 15.7. The summed E-state index contributed by atoms with van der Waals surface area (Å²) in [6.07, 6.45) is 14.3. The van der Waals surface area contributed by atoms with E-state index in [0.29, 0.717) is 24.5 Å². The summed E-state index contributed by atoms with van der Waals surface area (Å²) in [6, 6.07) is 3.19. The Morgan fingerprint density at radius 1 is 1.04 bits per heavy atom. The first-order valence-corrected chi connectivity index (χ1v) is 9.92. The molecule has 2 rings (SSSR count). The van der Waals surface area contributed by atoms with Crippen LogP contribution >= 0.6 is 0 Å². The van der Waals surface area contributed by atoms with Crippen LogP contribution in [-0.4, -0.2) is 6.61 Å². The molecule has 0 heterocycles. The molecule has 0 N–H and O–H groups in total. The number of aryl methyl sites for hydroxylation is 1. The van der Waals surface area contributed by atoms with Crippen LogP contribution in [0.5, 0.6) is 5.75 Å². The maximum atomic E-state index is 14.1. The van der Waals surface area contributed by atoms with Crippen LogP contribution in [0.4, 0.5) is 8.78 Å². The van der Waals surface area contributed by atoms with Crippen molar-refractivity contribution in [1.82, 2.24) is 0 Å². The van der Waals surface area contributed by atoms with E-state index in [1.165, 1.54) is 38.5 Å². The Morgan fingerprint density at radius 2 is 1.80 bits per heavy atom. The molecule has 1 aromatic rings. The molecule has 1 aliphatic rings. The van der Waals surface area contributed by atoms with Crippen LogP contribution in [0.3, 0.4) is 0 Å². The first-order chi connectivity index (χ1) is 12.2. The monoisotopic (exact) mass is 350 g/mol. The molecular formula is C22H32F2O. The largest absolute Gasteiger partial charge is 0.490 e. The highest BCUT2D eigenvalue weighted by Gasteiger charge is 2.18. The lowest BCUT2D eigenvalue weighted by Gasteiger charge is -2.26. The molecule has 0 saturated heterocycles. The first kappa shape index (κ1) is 19.9. The molecule has 1 aromatic carbocycles. The topological polar surface area (TPSA) is 9.23 Å². The van der Waals surface area contributed by atoms with E-state index in [0.717, 1.165) is 18.8 Å². The van der Waals surface area contributed by atoms with Crippen LogP contribution in [-0.2, 0) is 6.42 Å². The summed E-state index contributed by atoms with van der Waals surface area (Å²) in [7, 11) is 0. The molecule has 0 radical (unpaired) electrons. The zero-order valence-electron chi connectivity index (χ0n) is 15.7. The second-order valence-corrected chi connectivity index (χ2v) is 7.24. The van der Waals surface area contributed by atoms with Gasteiger partial charge in [0.15, 0.2) is 11.6 Å². The van der Waals surface area contributed by atoms with Crippen molar-refractivity contribution < 1.29 is 13.5 Å². The maximum absolute atomic E-state index is 14.1. The summed E-state index contributed by atoms with van der Waals surface area (Å²) in [5.41, 5.74) is 0.428. The number of benzene rings is 1. The predicted octanol–water partition coefficient (Wildman–Crippen LogP) is 6.85. The second kappa shape index (κ2) is 10.6. The number of allylic oxidation sites excluding steroid dienone is 2. The van der Waals surface area contributed by atoms with Crippen molar-refractivity contribution in [1.29, 1.82) is 0 Å². The molecule has 0 amide bonds. The fourth-order valence-electron chi connectivity index (χ4n) is 3.69. The SMILES string of the molecule is CCCOc1ccc(CC/C=C/C2CCC(CCC)CC2)c(F)c1F. The Hall–Kier alpha value is -1.38. The fourth-order valence-corrected chi connectivity index (χ4v) is 3.69. The van der Waals surface area contributed by atoms with Crippen LogP contribution in [0.25, 0.3) is 0 Å². The molecule has 0 atom stereocenters. The molecule has 0 aromatic heterocycles. The Kier molecular flexibility index (Phi) is 8.43. The van der Waals surface area contributed by atoms with Crippen molar-refractivity contribution in [3.05, 3.63) is 41.5 Å². The van der Waals surface area contributed by atoms with E-state index in [4.69, 9.17) is 4.74 Å². The van der Waals surface area contributed by atoms with Crippen molar-refractivity contribution in [2.45, 2.75) is 71.6 Å². The van der Waals surface area contributed by atoms with E-state index in [1.807, 2.05) is 6.92 Å². The van der Waals surface area contributed by atoms with E-state index < -0.39 is 11.6 Å². The number of halogens is 2. The van der Waals surface area contributed by atoms with Crippen LogP contribution in [0, 0.1) is 23.5 Å². The van der Waals surface area contributed by atoms with Gasteiger partial charge in [-0.15, -0.1) is 0 Å². The lowest BCUT2D eigenvalue weighted by molar-refractivity contribution is 0.294. The molecule has 0 bridgehead atoms. The summed E-state index contributed by atoms with van der Waals surface area (Å²) in [5, 5.41) is 0. The van der Waals surface area contributed by atoms with Gasteiger partial charge in [-0.2, -0.15) is 4.39 Å². The Bertz CT molecular complexity index is 545. The number of hydrogen-bond acceptors (Lipinski definition) is 1. The van der Waals surface area contributed by atoms with Crippen LogP contribution < -0.4 is 4.74 Å². The molecule has 1 aliphatic carbocycles. The molecule has 0 aliphatic heterocycles. The van der Waals surface area contributed by atoms with Crippen molar-refractivity contribution in [2.24, 2.45) is 11.8 Å². The van der Waals surface area contributed by atoms with Crippen LogP contribution in [0.1, 0.15) is 70.8 Å². The standard InChI is InChI=1S/C22H32F2O/c1-3-7-17-10-12-18(13-11-17)8-5-6-9-19-14-15-20(25-16-4-2)22(24)21(19)23/h5,8,14-15,17-18H,3-4,6-7,9-13,16H2,1-2H3/b8-5+. The van der Waals surface area contributed by atoms with Gasteiger partial charge in [0.25, 0.3) is 0 Å². The third-order valence-electron chi connectivity index (χ3n) is 5.17. The molecular weight excluding hydrogens is 318 g/mol. The summed E-state index contributed by atoms with van der Waals surface area (Å²) in [4.78, 5) is 0. The van der Waals surface area contributed by atoms with Crippen molar-refractivity contribution in [2.75, 3.05) is 6.61 Å². The summed E-state index contributed by atoms with van der Waals surface area (Å²) < 4.78 is 33.3. The van der Waals surface area contributed by atoms with Gasteiger partial charge in [0.2, 0.25) is 5.82 Å². The Labute approximate surface area is 151 Å². The molecule has 3 heteroatoms. The summed E-state index contributed by atoms with van der Waals surface area (Å²) in [6.45, 7) is 4.60. The lowest BCUT2D eigenvalue weighted by Crippen LogP contribution is -2.12. The van der Waals surface area contributed by atoms with E-state index in [-0.39, 0.29) is 5.75 Å². The van der Waals surface area contributed by atoms with Crippen molar-refractivity contribution in [3.63, 3.8) is 0 Å². The number of rotatable bonds is 9. The zero-order chi connectivity index (χ0) is 18.1. The summed E-state index contributed by atoms with van der Waals surface area (Å²) >= 11 is 0. The Morgan fingerprint density at radius 3 is 2.48 bits per heavy atom. The molecule has 1 nitrogen and oxygen atoms in total. The van der Waals surface area contributed by atoms with Gasteiger partial charge in [-0.25, -0.2) is 4.39 Å². The van der Waals surface area contributed by atoms with Gasteiger partial charge in [0.1, 0.15) is 0 Å². The molecule has 0 unspecified atom stereocenters. The predicted molar refractivity (Wildman–Crippen MR) is 100.0 cm³/mol. The normalized spacial score (nSPS) is 21.0. The first-order valence-electron chi connectivity index (χ1n) is 9.92. The van der Waals surface area contributed by atoms with E-state index in [1.54, 1.807) is 12.1 Å². The van der Waals surface area contributed by atoms with E-state index >= 15 is 0 Å². The van der Waals surface area contributed by atoms with Gasteiger partial charge < -0.3 is 4.74 Å². The molecule has 25 heavy (non-hydrogen) atoms. The number of ether oxygens (including phenoxy) is 1. The molecule has 1 fully saturated rings. The average Bonchev–Trinajstić information content (AvgIpc) is 2.63. The average molecular weight is 350 g/mol. The maximum Gasteiger partial charge on any atom is 0.200 e. The smallest absolute Gasteiger partial charge is 0.200 e. The van der Waals surface area contributed by atoms with Gasteiger partial charge in [0.05, 0.1) is 6.61 Å². The van der Waals surface area contributed by atoms with E-state index in [2.05, 4.69) is 19.1 Å². The van der Waals surface area contributed by atoms with Gasteiger partial charge in [0, 0.05) is 0 Å². The van der Waals surface area contributed by atoms with Crippen molar-refractivity contribution in [3.8, 4) is 5.75 Å². The third-order valence-corrected chi connectivity index (χ3v) is 5.17. The number of hydrogen-bond donors (Lipinski definition) is 0. The highest BCUT2D eigenvalue weighted by Crippen LogP contribution is 2.32. The Balaban J connectivity index is 1.79. The van der Waals surface area contributed by atoms with Crippen LogP contribution in [0.15, 0.2) is 24.3 Å². The summed E-state index contributed by atoms with van der Waals surface area (Å²) in [5.74, 6) is -0.0200. The van der Waals surface area contributed by atoms with Gasteiger partial charge in [-0.05, 0) is 68.4 Å². The minimum Gasteiger partial charge on any atom is -0.490 e. The molecule has 140 valence electrons. The molecule has 1 saturated carbocycles. The fraction of sp³-hybridized carbons (Fsp3) is 0.636. The van der Waals surface area contributed by atoms with Gasteiger partial charge >= 0.3 is 0 Å². The second-order valence-electron chi connectivity index (χ2n) is 7.24. The highest BCUT2D eigenvalue weighted by molar-refractivity contribution is 5.31. The molecule has 0 spiro atoms. The van der Waals surface area contributed by atoms with Gasteiger partial charge in [-0.3, -0.25) is 0 Å². The lowest BCUT2D eigenvalue weighted by atomic mass is 9.80.